The number of nitrogens with two attached hydrogens (primary N) is 1. The highest BCUT2D eigenvalue weighted by molar-refractivity contribution is 8.00. The van der Waals surface area contributed by atoms with Crippen molar-refractivity contribution < 1.29 is 4.42 Å². The van der Waals surface area contributed by atoms with Crippen molar-refractivity contribution in [3.05, 3.63) is 23.2 Å². The first kappa shape index (κ1) is 14.0. The number of aryl methyl sites for hydroxylation is 1. The molecular weight excluding hydrogens is 244 g/mol. The molecule has 3 nitrogen and oxygen atoms in total. The van der Waals surface area contributed by atoms with E-state index < -0.39 is 0 Å². The predicted molar refractivity (Wildman–Crippen MR) is 77.8 cm³/mol. The van der Waals surface area contributed by atoms with E-state index in [1.54, 1.807) is 0 Å². The maximum atomic E-state index is 5.79. The van der Waals surface area contributed by atoms with Gasteiger partial charge in [0.15, 0.2) is 0 Å². The summed E-state index contributed by atoms with van der Waals surface area (Å²) in [4.78, 5) is 2.49. The molecule has 0 aliphatic carbocycles. The molecule has 0 spiro atoms. The van der Waals surface area contributed by atoms with Crippen molar-refractivity contribution in [2.45, 2.75) is 45.0 Å². The van der Waals surface area contributed by atoms with Crippen molar-refractivity contribution in [2.75, 3.05) is 18.8 Å². The van der Waals surface area contributed by atoms with Crippen LogP contribution in [0.1, 0.15) is 37.4 Å². The van der Waals surface area contributed by atoms with Crippen molar-refractivity contribution in [2.24, 2.45) is 5.73 Å². The molecule has 1 fully saturated rings. The van der Waals surface area contributed by atoms with E-state index in [0.29, 0.717) is 11.3 Å². The van der Waals surface area contributed by atoms with E-state index in [9.17, 15) is 0 Å². The van der Waals surface area contributed by atoms with Gasteiger partial charge in [-0.3, -0.25) is 4.90 Å². The zero-order valence-electron chi connectivity index (χ0n) is 11.7. The van der Waals surface area contributed by atoms with E-state index in [0.717, 1.165) is 31.2 Å². The fraction of sp³-hybridized carbons (Fsp3) is 0.714. The Morgan fingerprint density at radius 3 is 2.89 bits per heavy atom. The Hall–Kier alpha value is -0.450. The molecule has 102 valence electrons. The van der Waals surface area contributed by atoms with Crippen molar-refractivity contribution >= 4 is 11.8 Å². The molecule has 2 heterocycles. The second-order valence-electron chi connectivity index (χ2n) is 5.66. The molecule has 0 unspecified atom stereocenters. The lowest BCUT2D eigenvalue weighted by atomic mass is 10.1. The number of hydrogen-bond acceptors (Lipinski definition) is 4. The molecule has 1 aromatic heterocycles. The van der Waals surface area contributed by atoms with Crippen molar-refractivity contribution in [3.63, 3.8) is 0 Å². The van der Waals surface area contributed by atoms with E-state index in [-0.39, 0.29) is 0 Å². The molecule has 0 radical (unpaired) electrons. The lowest BCUT2D eigenvalue weighted by Gasteiger charge is -2.22. The third kappa shape index (κ3) is 3.53. The highest BCUT2D eigenvalue weighted by atomic mass is 32.2. The Morgan fingerprint density at radius 2 is 2.22 bits per heavy atom. The van der Waals surface area contributed by atoms with Gasteiger partial charge in [-0.25, -0.2) is 0 Å². The van der Waals surface area contributed by atoms with Gasteiger partial charge >= 0.3 is 0 Å². The predicted octanol–water partition coefficient (Wildman–Crippen LogP) is 2.76. The van der Waals surface area contributed by atoms with Crippen LogP contribution in [0, 0.1) is 6.92 Å². The molecule has 1 aromatic rings. The summed E-state index contributed by atoms with van der Waals surface area (Å²) < 4.78 is 6.20. The van der Waals surface area contributed by atoms with Gasteiger partial charge in [-0.1, -0.05) is 13.8 Å². The van der Waals surface area contributed by atoms with Gasteiger partial charge < -0.3 is 10.2 Å². The monoisotopic (exact) mass is 268 g/mol. The Balaban J connectivity index is 1.96. The van der Waals surface area contributed by atoms with Gasteiger partial charge in [0.05, 0.1) is 13.1 Å². The van der Waals surface area contributed by atoms with Crippen molar-refractivity contribution in [1.29, 1.82) is 0 Å². The minimum Gasteiger partial charge on any atom is -0.463 e. The summed E-state index contributed by atoms with van der Waals surface area (Å²) in [7, 11) is 0. The summed E-state index contributed by atoms with van der Waals surface area (Å²) in [5.41, 5.74) is 6.82. The quantitative estimate of drug-likeness (QED) is 0.915. The first-order chi connectivity index (χ1) is 8.50. The Kier molecular flexibility index (Phi) is 4.41. The van der Waals surface area contributed by atoms with E-state index in [2.05, 4.69) is 43.5 Å². The molecule has 0 aromatic carbocycles. The summed E-state index contributed by atoms with van der Waals surface area (Å²) in [6, 6.07) is 2.13. The Labute approximate surface area is 114 Å². The summed E-state index contributed by atoms with van der Waals surface area (Å²) in [6.45, 7) is 10.4. The van der Waals surface area contributed by atoms with Gasteiger partial charge in [-0.05, 0) is 31.5 Å². The molecule has 2 rings (SSSR count). The molecule has 4 heteroatoms. The molecule has 1 aliphatic heterocycles. The third-order valence-corrected chi connectivity index (χ3v) is 4.94. The van der Waals surface area contributed by atoms with Crippen LogP contribution in [-0.2, 0) is 13.1 Å². The van der Waals surface area contributed by atoms with Crippen LogP contribution in [0.15, 0.2) is 10.5 Å². The van der Waals surface area contributed by atoms with Crippen LogP contribution in [0.2, 0.25) is 0 Å². The molecule has 1 saturated heterocycles. The van der Waals surface area contributed by atoms with Crippen LogP contribution < -0.4 is 5.73 Å². The average Bonchev–Trinajstić information content (AvgIpc) is 2.56. The molecule has 18 heavy (non-hydrogen) atoms. The summed E-state index contributed by atoms with van der Waals surface area (Å²) in [6.07, 6.45) is 1.24. The van der Waals surface area contributed by atoms with Crippen LogP contribution >= 0.6 is 11.8 Å². The highest BCUT2D eigenvalue weighted by Gasteiger charge is 2.24. The standard InChI is InChI=1S/C14H24N2OS/c1-11-8-12(17-13(11)9-15)10-16-5-4-14(2,3)18-7-6-16/h8H,4-7,9-10,15H2,1-3H3. The lowest BCUT2D eigenvalue weighted by Crippen LogP contribution is -2.26. The SMILES string of the molecule is Cc1cc(CN2CCSC(C)(C)CC2)oc1CN. The largest absolute Gasteiger partial charge is 0.463 e. The average molecular weight is 268 g/mol. The maximum absolute atomic E-state index is 5.79. The molecular formula is C14H24N2OS. The van der Waals surface area contributed by atoms with Gasteiger partial charge in [0, 0.05) is 17.0 Å². The van der Waals surface area contributed by atoms with E-state index in [1.807, 2.05) is 0 Å². The molecule has 0 bridgehead atoms. The number of nitrogens with zero attached hydrogens (tertiary/aromatic N) is 1. The second kappa shape index (κ2) is 5.68. The first-order valence-electron chi connectivity index (χ1n) is 6.65. The highest BCUT2D eigenvalue weighted by Crippen LogP contribution is 2.31. The van der Waals surface area contributed by atoms with E-state index in [1.165, 1.54) is 17.7 Å². The fourth-order valence-electron chi connectivity index (χ4n) is 2.31. The minimum absolute atomic E-state index is 0.413. The number of furan rings is 1. The van der Waals surface area contributed by atoms with Gasteiger partial charge in [0.25, 0.3) is 0 Å². The summed E-state index contributed by atoms with van der Waals surface area (Å²) >= 11 is 2.08. The zero-order chi connectivity index (χ0) is 13.2. The van der Waals surface area contributed by atoms with Gasteiger partial charge in [0.1, 0.15) is 11.5 Å². The normalized spacial score (nSPS) is 20.9. The van der Waals surface area contributed by atoms with Crippen molar-refractivity contribution in [3.8, 4) is 0 Å². The second-order valence-corrected chi connectivity index (χ2v) is 7.46. The number of hydrogen-bond donors (Lipinski definition) is 1. The summed E-state index contributed by atoms with van der Waals surface area (Å²) in [5, 5.41) is 0. The number of rotatable bonds is 3. The van der Waals surface area contributed by atoms with Crippen LogP contribution in [0.5, 0.6) is 0 Å². The van der Waals surface area contributed by atoms with Gasteiger partial charge in [-0.2, -0.15) is 11.8 Å². The molecule has 1 aliphatic rings. The molecule has 2 N–H and O–H groups in total. The molecule has 0 atom stereocenters. The fourth-order valence-corrected chi connectivity index (χ4v) is 3.45. The van der Waals surface area contributed by atoms with Crippen molar-refractivity contribution in [1.82, 2.24) is 4.90 Å². The van der Waals surface area contributed by atoms with Gasteiger partial charge in [-0.15, -0.1) is 0 Å². The third-order valence-electron chi connectivity index (χ3n) is 3.57. The topological polar surface area (TPSA) is 42.4 Å². The zero-order valence-corrected chi connectivity index (χ0v) is 12.5. The Morgan fingerprint density at radius 1 is 1.44 bits per heavy atom. The van der Waals surface area contributed by atoms with Gasteiger partial charge in [0.2, 0.25) is 0 Å². The van der Waals surface area contributed by atoms with E-state index >= 15 is 0 Å². The Bertz CT molecular complexity index is 400. The van der Waals surface area contributed by atoms with Crippen LogP contribution in [0.25, 0.3) is 0 Å². The number of thioether (sulfide) groups is 1. The smallest absolute Gasteiger partial charge is 0.120 e. The maximum Gasteiger partial charge on any atom is 0.120 e. The van der Waals surface area contributed by atoms with Crippen LogP contribution in [-0.4, -0.2) is 28.5 Å². The minimum atomic E-state index is 0.413. The molecule has 0 amide bonds. The van der Waals surface area contributed by atoms with Crippen LogP contribution in [0.3, 0.4) is 0 Å². The summed E-state index contributed by atoms with van der Waals surface area (Å²) in [5.74, 6) is 3.18. The lowest BCUT2D eigenvalue weighted by molar-refractivity contribution is 0.250. The first-order valence-corrected chi connectivity index (χ1v) is 7.63. The van der Waals surface area contributed by atoms with E-state index in [4.69, 9.17) is 10.2 Å². The van der Waals surface area contributed by atoms with Crippen LogP contribution in [0.4, 0.5) is 0 Å². The molecule has 0 saturated carbocycles.